The molecule has 0 radical (unpaired) electrons. The van der Waals surface area contributed by atoms with Crippen LogP contribution in [0.2, 0.25) is 0 Å². The van der Waals surface area contributed by atoms with Crippen molar-refractivity contribution in [2.45, 2.75) is 38.8 Å². The highest BCUT2D eigenvalue weighted by atomic mass is 16.2. The summed E-state index contributed by atoms with van der Waals surface area (Å²) in [5.41, 5.74) is 1.95. The summed E-state index contributed by atoms with van der Waals surface area (Å²) in [7, 11) is 0. The Morgan fingerprint density at radius 2 is 1.25 bits per heavy atom. The van der Waals surface area contributed by atoms with Crippen LogP contribution in [0.15, 0.2) is 49.1 Å². The molecule has 0 unspecified atom stereocenters. The summed E-state index contributed by atoms with van der Waals surface area (Å²) in [5.74, 6) is -0.00996. The van der Waals surface area contributed by atoms with Crippen molar-refractivity contribution in [1.29, 1.82) is 0 Å². The van der Waals surface area contributed by atoms with Crippen molar-refractivity contribution in [3.8, 4) is 0 Å². The Balaban J connectivity index is 1.52. The van der Waals surface area contributed by atoms with Gasteiger partial charge in [0, 0.05) is 50.7 Å². The SMILES string of the molecule is O=C(CCCCC(=O)NCc1cccnc1)NCc1cccnc1. The standard InChI is InChI=1S/C18H22N4O2/c23-17(21-13-15-5-3-9-19-11-15)7-1-2-8-18(24)22-14-16-6-4-10-20-12-16/h3-6,9-12H,1-2,7-8,13-14H2,(H,21,23)(H,22,24). The zero-order valence-electron chi connectivity index (χ0n) is 13.6. The molecule has 0 spiro atoms. The maximum Gasteiger partial charge on any atom is 0.220 e. The molecule has 2 rings (SSSR count). The maximum atomic E-state index is 11.7. The van der Waals surface area contributed by atoms with Gasteiger partial charge < -0.3 is 10.6 Å². The first-order valence-corrected chi connectivity index (χ1v) is 8.05. The van der Waals surface area contributed by atoms with E-state index in [1.807, 2.05) is 24.3 Å². The van der Waals surface area contributed by atoms with Crippen LogP contribution in [0, 0.1) is 0 Å². The van der Waals surface area contributed by atoms with Crippen LogP contribution in [-0.4, -0.2) is 21.8 Å². The molecule has 0 saturated carbocycles. The topological polar surface area (TPSA) is 84.0 Å². The molecule has 2 N–H and O–H groups in total. The highest BCUT2D eigenvalue weighted by Crippen LogP contribution is 2.02. The van der Waals surface area contributed by atoms with Gasteiger partial charge in [0.25, 0.3) is 0 Å². The minimum absolute atomic E-state index is 0.00498. The third-order valence-corrected chi connectivity index (χ3v) is 3.48. The van der Waals surface area contributed by atoms with E-state index in [-0.39, 0.29) is 11.8 Å². The Morgan fingerprint density at radius 3 is 1.62 bits per heavy atom. The third-order valence-electron chi connectivity index (χ3n) is 3.48. The lowest BCUT2D eigenvalue weighted by Gasteiger charge is -2.06. The van der Waals surface area contributed by atoms with Gasteiger partial charge >= 0.3 is 0 Å². The van der Waals surface area contributed by atoms with Crippen molar-refractivity contribution < 1.29 is 9.59 Å². The molecular weight excluding hydrogens is 304 g/mol. The largest absolute Gasteiger partial charge is 0.352 e. The highest BCUT2D eigenvalue weighted by Gasteiger charge is 2.04. The van der Waals surface area contributed by atoms with Crippen molar-refractivity contribution in [3.63, 3.8) is 0 Å². The Labute approximate surface area is 141 Å². The smallest absolute Gasteiger partial charge is 0.220 e. The molecule has 6 nitrogen and oxygen atoms in total. The van der Waals surface area contributed by atoms with E-state index in [1.54, 1.807) is 24.8 Å². The fraction of sp³-hybridized carbons (Fsp3) is 0.333. The van der Waals surface area contributed by atoms with Gasteiger partial charge in [0.1, 0.15) is 0 Å². The molecule has 0 atom stereocenters. The van der Waals surface area contributed by atoms with Crippen molar-refractivity contribution >= 4 is 11.8 Å². The molecule has 0 aliphatic rings. The van der Waals surface area contributed by atoms with Crippen LogP contribution in [0.5, 0.6) is 0 Å². The number of unbranched alkanes of at least 4 members (excludes halogenated alkanes) is 1. The molecule has 126 valence electrons. The Kier molecular flexibility index (Phi) is 7.40. The number of amides is 2. The van der Waals surface area contributed by atoms with Gasteiger partial charge in [-0.1, -0.05) is 12.1 Å². The molecule has 2 amide bonds. The van der Waals surface area contributed by atoms with Gasteiger partial charge in [-0.15, -0.1) is 0 Å². The van der Waals surface area contributed by atoms with Crippen molar-refractivity contribution in [2.75, 3.05) is 0 Å². The lowest BCUT2D eigenvalue weighted by molar-refractivity contribution is -0.123. The molecule has 2 aromatic rings. The number of pyridine rings is 2. The van der Waals surface area contributed by atoms with E-state index in [2.05, 4.69) is 20.6 Å². The molecule has 0 fully saturated rings. The van der Waals surface area contributed by atoms with Gasteiger partial charge in [0.05, 0.1) is 0 Å². The molecule has 0 aliphatic carbocycles. The van der Waals surface area contributed by atoms with Gasteiger partial charge in [-0.05, 0) is 36.1 Å². The summed E-state index contributed by atoms with van der Waals surface area (Å²) in [5, 5.41) is 5.69. The van der Waals surface area contributed by atoms with Gasteiger partial charge in [-0.3, -0.25) is 19.6 Å². The second kappa shape index (κ2) is 10.1. The average molecular weight is 326 g/mol. The van der Waals surface area contributed by atoms with Crippen LogP contribution < -0.4 is 10.6 Å². The molecule has 0 saturated heterocycles. The number of hydrogen-bond donors (Lipinski definition) is 2. The number of rotatable bonds is 9. The Morgan fingerprint density at radius 1 is 0.792 bits per heavy atom. The molecule has 0 aromatic carbocycles. The van der Waals surface area contributed by atoms with Crippen LogP contribution in [0.4, 0.5) is 0 Å². The second-order valence-electron chi connectivity index (χ2n) is 5.48. The monoisotopic (exact) mass is 326 g/mol. The third kappa shape index (κ3) is 7.00. The molecule has 2 heterocycles. The van der Waals surface area contributed by atoms with Crippen LogP contribution in [0.3, 0.4) is 0 Å². The molecule has 0 aliphatic heterocycles. The summed E-state index contributed by atoms with van der Waals surface area (Å²) >= 11 is 0. The van der Waals surface area contributed by atoms with E-state index in [0.717, 1.165) is 11.1 Å². The zero-order valence-corrected chi connectivity index (χ0v) is 13.6. The summed E-state index contributed by atoms with van der Waals surface area (Å²) in [6.45, 7) is 0.969. The van der Waals surface area contributed by atoms with Gasteiger partial charge in [-0.2, -0.15) is 0 Å². The number of nitrogens with zero attached hydrogens (tertiary/aromatic N) is 2. The average Bonchev–Trinajstić information content (AvgIpc) is 2.63. The quantitative estimate of drug-likeness (QED) is 0.690. The molecule has 6 heteroatoms. The first-order chi connectivity index (χ1) is 11.7. The molecule has 0 bridgehead atoms. The number of nitrogens with one attached hydrogen (secondary N) is 2. The number of carbonyl (C=O) groups excluding carboxylic acids is 2. The van der Waals surface area contributed by atoms with Crippen molar-refractivity contribution in [1.82, 2.24) is 20.6 Å². The molecular formula is C18H22N4O2. The van der Waals surface area contributed by atoms with Gasteiger partial charge in [0.15, 0.2) is 0 Å². The Hall–Kier alpha value is -2.76. The van der Waals surface area contributed by atoms with E-state index in [1.165, 1.54) is 0 Å². The number of hydrogen-bond acceptors (Lipinski definition) is 4. The van der Waals surface area contributed by atoms with Crippen molar-refractivity contribution in [3.05, 3.63) is 60.2 Å². The zero-order chi connectivity index (χ0) is 17.0. The van der Waals surface area contributed by atoms with Crippen molar-refractivity contribution in [2.24, 2.45) is 0 Å². The second-order valence-corrected chi connectivity index (χ2v) is 5.48. The minimum Gasteiger partial charge on any atom is -0.352 e. The first-order valence-electron chi connectivity index (χ1n) is 8.05. The van der Waals surface area contributed by atoms with E-state index in [9.17, 15) is 9.59 Å². The van der Waals surface area contributed by atoms with Crippen LogP contribution >= 0.6 is 0 Å². The predicted molar refractivity (Wildman–Crippen MR) is 90.6 cm³/mol. The van der Waals surface area contributed by atoms with E-state index >= 15 is 0 Å². The summed E-state index contributed by atoms with van der Waals surface area (Å²) in [6, 6.07) is 7.51. The normalized spacial score (nSPS) is 10.2. The van der Waals surface area contributed by atoms with Crippen LogP contribution in [0.1, 0.15) is 36.8 Å². The Bertz CT molecular complexity index is 574. The van der Waals surface area contributed by atoms with E-state index in [4.69, 9.17) is 0 Å². The van der Waals surface area contributed by atoms with Crippen LogP contribution in [-0.2, 0) is 22.7 Å². The fourth-order valence-electron chi connectivity index (χ4n) is 2.15. The summed E-state index contributed by atoms with van der Waals surface area (Å²) in [4.78, 5) is 31.5. The summed E-state index contributed by atoms with van der Waals surface area (Å²) < 4.78 is 0. The lowest BCUT2D eigenvalue weighted by atomic mass is 10.1. The predicted octanol–water partition coefficient (Wildman–Crippen LogP) is 1.97. The van der Waals surface area contributed by atoms with E-state index in [0.29, 0.717) is 38.8 Å². The summed E-state index contributed by atoms with van der Waals surface area (Å²) in [6.07, 6.45) is 9.10. The van der Waals surface area contributed by atoms with E-state index < -0.39 is 0 Å². The van der Waals surface area contributed by atoms with Gasteiger partial charge in [-0.25, -0.2) is 0 Å². The molecule has 2 aromatic heterocycles. The molecule has 24 heavy (non-hydrogen) atoms. The number of carbonyl (C=O) groups is 2. The fourth-order valence-corrected chi connectivity index (χ4v) is 2.15. The maximum absolute atomic E-state index is 11.7. The number of aromatic nitrogens is 2. The van der Waals surface area contributed by atoms with Crippen LogP contribution in [0.25, 0.3) is 0 Å². The first kappa shape index (κ1) is 17.6. The van der Waals surface area contributed by atoms with Gasteiger partial charge in [0.2, 0.25) is 11.8 Å². The highest BCUT2D eigenvalue weighted by molar-refractivity contribution is 5.77. The lowest BCUT2D eigenvalue weighted by Crippen LogP contribution is -2.23. The minimum atomic E-state index is -0.00498.